The largest absolute Gasteiger partial charge is 0.859 e. The van der Waals surface area contributed by atoms with Gasteiger partial charge in [-0.15, -0.1) is 0 Å². The molecule has 9 heteroatoms. The van der Waals surface area contributed by atoms with E-state index in [9.17, 15) is 14.7 Å². The zero-order chi connectivity index (χ0) is 16.4. The summed E-state index contributed by atoms with van der Waals surface area (Å²) < 4.78 is 6.60. The van der Waals surface area contributed by atoms with Crippen LogP contribution in [0.2, 0.25) is 0 Å². The Bertz CT molecular complexity index is 863. The molecular formula is C14H11N3O5S. The highest BCUT2D eigenvalue weighted by Gasteiger charge is 2.36. The monoisotopic (exact) mass is 333 g/mol. The second-order valence-electron chi connectivity index (χ2n) is 4.44. The Labute approximate surface area is 133 Å². The fourth-order valence-corrected chi connectivity index (χ4v) is 2.61. The number of aromatic nitrogens is 1. The summed E-state index contributed by atoms with van der Waals surface area (Å²) in [7, 11) is 0. The second-order valence-corrected chi connectivity index (χ2v) is 5.45. The molecular weight excluding hydrogens is 322 g/mol. The quantitative estimate of drug-likeness (QED) is 0.674. The first-order chi connectivity index (χ1) is 11.1. The molecule has 0 saturated carbocycles. The predicted molar refractivity (Wildman–Crippen MR) is 78.4 cm³/mol. The Kier molecular flexibility index (Phi) is 3.94. The van der Waals surface area contributed by atoms with Gasteiger partial charge in [-0.2, -0.15) is 0 Å². The van der Waals surface area contributed by atoms with Gasteiger partial charge in [0.2, 0.25) is 11.0 Å². The van der Waals surface area contributed by atoms with E-state index in [4.69, 9.17) is 4.74 Å². The topological polar surface area (TPSA) is 107 Å². The summed E-state index contributed by atoms with van der Waals surface area (Å²) in [6, 6.07) is 6.84. The van der Waals surface area contributed by atoms with Gasteiger partial charge >= 0.3 is 16.5 Å². The minimum absolute atomic E-state index is 0.0431. The Morgan fingerprint density at radius 3 is 2.74 bits per heavy atom. The summed E-state index contributed by atoms with van der Waals surface area (Å²) in [5, 5.41) is 15.3. The van der Waals surface area contributed by atoms with E-state index in [1.54, 1.807) is 24.3 Å². The van der Waals surface area contributed by atoms with E-state index in [1.165, 1.54) is 10.8 Å². The van der Waals surface area contributed by atoms with Crippen LogP contribution in [0.15, 0.2) is 40.0 Å². The molecule has 0 saturated heterocycles. The van der Waals surface area contributed by atoms with Gasteiger partial charge in [-0.05, 0) is 29.6 Å². The molecule has 1 aliphatic rings. The minimum atomic E-state index is -0.709. The molecule has 0 radical (unpaired) electrons. The Hall–Kier alpha value is -2.94. The van der Waals surface area contributed by atoms with Gasteiger partial charge in [-0.25, -0.2) is 4.79 Å². The first-order valence-corrected chi connectivity index (χ1v) is 7.47. The summed E-state index contributed by atoms with van der Waals surface area (Å²) in [6.07, 6.45) is 1.28. The summed E-state index contributed by atoms with van der Waals surface area (Å²) in [4.78, 5) is 29.4. The maximum atomic E-state index is 11.8. The standard InChI is InChI=1S/C14H11N3O5S/c1-2-21-9-5-3-8(4-6-9)17-10(13(19)22-16-17)7-11-12(18)15-14(20)23-11/h3-7H,2H2,1H3,(H-,15,16,18,19,20). The summed E-state index contributed by atoms with van der Waals surface area (Å²) in [5.41, 5.74) is 0.599. The average molecular weight is 333 g/mol. The number of nitrogens with one attached hydrogen (secondary N) is 1. The third-order valence-corrected chi connectivity index (χ3v) is 3.76. The molecule has 1 N–H and O–H groups in total. The van der Waals surface area contributed by atoms with Crippen LogP contribution in [0, 0.1) is 0 Å². The normalized spacial score (nSPS) is 15.6. The van der Waals surface area contributed by atoms with Crippen molar-refractivity contribution in [2.75, 3.05) is 6.61 Å². The van der Waals surface area contributed by atoms with Crippen molar-refractivity contribution in [1.82, 2.24) is 4.98 Å². The Balaban J connectivity index is 1.96. The molecule has 118 valence electrons. The van der Waals surface area contributed by atoms with E-state index < -0.39 is 16.7 Å². The lowest BCUT2D eigenvalue weighted by Crippen LogP contribution is -2.05. The maximum absolute atomic E-state index is 11.8. The van der Waals surface area contributed by atoms with Crippen molar-refractivity contribution in [3.63, 3.8) is 0 Å². The van der Waals surface area contributed by atoms with Crippen LogP contribution in [-0.4, -0.2) is 22.3 Å². The molecule has 0 fully saturated rings. The minimum Gasteiger partial charge on any atom is -0.859 e. The van der Waals surface area contributed by atoms with Crippen molar-refractivity contribution in [3.05, 3.63) is 44.5 Å². The van der Waals surface area contributed by atoms with Crippen LogP contribution in [-0.2, 0) is 9.63 Å². The second kappa shape index (κ2) is 6.05. The van der Waals surface area contributed by atoms with Gasteiger partial charge in [0.1, 0.15) is 5.75 Å². The number of thiazole rings is 1. The van der Waals surface area contributed by atoms with Gasteiger partial charge in [0.25, 0.3) is 0 Å². The van der Waals surface area contributed by atoms with Crippen molar-refractivity contribution in [2.24, 2.45) is 5.28 Å². The average Bonchev–Trinajstić information content (AvgIpc) is 3.04. The molecule has 0 unspecified atom stereocenters. The van der Waals surface area contributed by atoms with Crippen molar-refractivity contribution >= 4 is 29.1 Å². The number of ether oxygens (including phenoxy) is 1. The van der Waals surface area contributed by atoms with Gasteiger partial charge in [0, 0.05) is 23.1 Å². The van der Waals surface area contributed by atoms with Crippen LogP contribution >= 0.6 is 11.3 Å². The van der Waals surface area contributed by atoms with E-state index in [-0.39, 0.29) is 10.6 Å². The van der Waals surface area contributed by atoms with Crippen LogP contribution in [0.1, 0.15) is 11.8 Å². The fraction of sp³-hybridized carbons (Fsp3) is 0.143. The van der Waals surface area contributed by atoms with Crippen molar-refractivity contribution in [1.29, 1.82) is 0 Å². The molecule has 2 aromatic rings. The number of hydrogen-bond acceptors (Lipinski definition) is 7. The highest BCUT2D eigenvalue weighted by molar-refractivity contribution is 7.10. The van der Waals surface area contributed by atoms with Crippen LogP contribution in [0.4, 0.5) is 5.69 Å². The third kappa shape index (κ3) is 2.99. The molecule has 1 aromatic carbocycles. The van der Waals surface area contributed by atoms with Crippen LogP contribution < -0.4 is 14.7 Å². The fourth-order valence-electron chi connectivity index (χ4n) is 1.96. The van der Waals surface area contributed by atoms with Crippen LogP contribution in [0.3, 0.4) is 0 Å². The molecule has 2 heterocycles. The van der Waals surface area contributed by atoms with Crippen molar-refractivity contribution < 1.29 is 24.2 Å². The first kappa shape index (κ1) is 15.0. The Morgan fingerprint density at radius 2 is 2.13 bits per heavy atom. The van der Waals surface area contributed by atoms with Crippen LogP contribution in [0.25, 0.3) is 6.08 Å². The van der Waals surface area contributed by atoms with Gasteiger partial charge in [0.15, 0.2) is 0 Å². The number of rotatable bonds is 4. The number of nitrogens with zero attached hydrogens (tertiary/aromatic N) is 2. The summed E-state index contributed by atoms with van der Waals surface area (Å²) >= 11 is 0.713. The molecule has 1 aromatic heterocycles. The lowest BCUT2D eigenvalue weighted by molar-refractivity contribution is -0.462. The molecule has 8 nitrogen and oxygen atoms in total. The predicted octanol–water partition coefficient (Wildman–Crippen LogP) is 1.52. The van der Waals surface area contributed by atoms with E-state index in [0.717, 1.165) is 0 Å². The highest BCUT2D eigenvalue weighted by Crippen LogP contribution is 2.28. The first-order valence-electron chi connectivity index (χ1n) is 6.65. The van der Waals surface area contributed by atoms with Gasteiger partial charge in [0.05, 0.1) is 6.61 Å². The van der Waals surface area contributed by atoms with E-state index in [0.29, 0.717) is 29.4 Å². The smallest absolute Gasteiger partial charge is 0.437 e. The lowest BCUT2D eigenvalue weighted by atomic mass is 10.2. The number of H-pyrrole nitrogens is 1. The molecule has 3 rings (SSSR count). The Morgan fingerprint density at radius 1 is 1.39 bits per heavy atom. The number of hydrogen-bond donors (Lipinski definition) is 1. The highest BCUT2D eigenvalue weighted by atomic mass is 32.1. The van der Waals surface area contributed by atoms with E-state index >= 15 is 0 Å². The number of carbonyl (C=O) groups is 1. The van der Waals surface area contributed by atoms with Crippen LogP contribution in [0.5, 0.6) is 11.6 Å². The number of benzene rings is 1. The van der Waals surface area contributed by atoms with Gasteiger partial charge < -0.3 is 14.8 Å². The third-order valence-electron chi connectivity index (χ3n) is 2.94. The maximum Gasteiger partial charge on any atom is 0.437 e. The molecule has 1 aliphatic heterocycles. The van der Waals surface area contributed by atoms with Gasteiger partial charge in [-0.1, -0.05) is 11.3 Å². The molecule has 23 heavy (non-hydrogen) atoms. The summed E-state index contributed by atoms with van der Waals surface area (Å²) in [5.74, 6) is -0.586. The molecule has 0 bridgehead atoms. The molecule has 0 atom stereocenters. The lowest BCUT2D eigenvalue weighted by Gasteiger charge is -2.01. The SMILES string of the molecule is CCOc1ccc([N+]2=NOC(=O)/C2=C\c2sc(=O)[nH]c2[O-])cc1. The van der Waals surface area contributed by atoms with Crippen molar-refractivity contribution in [2.45, 2.75) is 6.92 Å². The summed E-state index contributed by atoms with van der Waals surface area (Å²) in [6.45, 7) is 2.42. The zero-order valence-corrected chi connectivity index (χ0v) is 12.8. The number of aromatic amines is 1. The zero-order valence-electron chi connectivity index (χ0n) is 11.9. The van der Waals surface area contributed by atoms with Crippen molar-refractivity contribution in [3.8, 4) is 11.6 Å². The van der Waals surface area contributed by atoms with E-state index in [2.05, 4.69) is 15.1 Å². The molecule has 0 spiro atoms. The number of carbonyl (C=O) groups excluding carboxylic acids is 1. The molecule has 0 amide bonds. The molecule has 0 aliphatic carbocycles. The van der Waals surface area contributed by atoms with E-state index in [1.807, 2.05) is 6.92 Å². The van der Waals surface area contributed by atoms with Gasteiger partial charge in [-0.3, -0.25) is 9.63 Å².